The Morgan fingerprint density at radius 3 is 2.52 bits per heavy atom. The smallest absolute Gasteiger partial charge is 0.119 e. The van der Waals surface area contributed by atoms with Gasteiger partial charge < -0.3 is 15.6 Å². The van der Waals surface area contributed by atoms with Crippen LogP contribution in [0.3, 0.4) is 0 Å². The van der Waals surface area contributed by atoms with Crippen molar-refractivity contribution in [3.8, 4) is 5.75 Å². The molecule has 0 aliphatic carbocycles. The summed E-state index contributed by atoms with van der Waals surface area (Å²) >= 11 is 0. The molecule has 3 nitrogen and oxygen atoms in total. The number of hydrogen-bond acceptors (Lipinski definition) is 3. The molecule has 3 heteroatoms. The molecule has 1 atom stereocenters. The highest BCUT2D eigenvalue weighted by molar-refractivity contribution is 5.38. The van der Waals surface area contributed by atoms with Gasteiger partial charge in [0.2, 0.25) is 0 Å². The fraction of sp³-hybridized carbons (Fsp3) is 0.333. The topological polar surface area (TPSA) is 55.5 Å². The number of methoxy groups -OCH3 is 1. The molecule has 0 aliphatic rings. The molecule has 0 heterocycles. The van der Waals surface area contributed by atoms with E-state index in [0.717, 1.165) is 22.4 Å². The maximum Gasteiger partial charge on any atom is 0.119 e. The van der Waals surface area contributed by atoms with Gasteiger partial charge in [-0.3, -0.25) is 0 Å². The number of hydrogen-bond donors (Lipinski definition) is 2. The zero-order valence-corrected chi connectivity index (χ0v) is 12.7. The van der Waals surface area contributed by atoms with Crippen molar-refractivity contribution in [3.63, 3.8) is 0 Å². The van der Waals surface area contributed by atoms with Gasteiger partial charge in [-0.15, -0.1) is 0 Å². The summed E-state index contributed by atoms with van der Waals surface area (Å²) in [5.74, 6) is 0.821. The average molecular weight is 285 g/mol. The van der Waals surface area contributed by atoms with Gasteiger partial charge >= 0.3 is 0 Å². The molecule has 112 valence electrons. The first-order valence-electron chi connectivity index (χ1n) is 7.15. The predicted molar refractivity (Wildman–Crippen MR) is 85.7 cm³/mol. The van der Waals surface area contributed by atoms with Crippen LogP contribution >= 0.6 is 0 Å². The van der Waals surface area contributed by atoms with Gasteiger partial charge in [-0.05, 0) is 42.2 Å². The highest BCUT2D eigenvalue weighted by atomic mass is 16.5. The van der Waals surface area contributed by atoms with E-state index in [0.29, 0.717) is 13.0 Å². The molecule has 0 fully saturated rings. The molecule has 2 rings (SSSR count). The minimum Gasteiger partial charge on any atom is -0.497 e. The van der Waals surface area contributed by atoms with Crippen LogP contribution < -0.4 is 10.5 Å². The molecule has 2 aromatic rings. The molecule has 0 amide bonds. The van der Waals surface area contributed by atoms with E-state index < -0.39 is 5.41 Å². The van der Waals surface area contributed by atoms with Crippen molar-refractivity contribution in [2.75, 3.05) is 20.3 Å². The fourth-order valence-electron chi connectivity index (χ4n) is 2.82. The van der Waals surface area contributed by atoms with Gasteiger partial charge in [-0.25, -0.2) is 0 Å². The monoisotopic (exact) mass is 285 g/mol. The van der Waals surface area contributed by atoms with Crippen LogP contribution in [-0.2, 0) is 11.8 Å². The Bertz CT molecular complexity index is 591. The van der Waals surface area contributed by atoms with E-state index in [2.05, 4.69) is 19.1 Å². The molecule has 0 aromatic heterocycles. The van der Waals surface area contributed by atoms with Gasteiger partial charge in [-0.1, -0.05) is 36.4 Å². The van der Waals surface area contributed by atoms with Crippen molar-refractivity contribution < 1.29 is 9.84 Å². The van der Waals surface area contributed by atoms with E-state index in [-0.39, 0.29) is 6.61 Å². The van der Waals surface area contributed by atoms with Crippen molar-refractivity contribution >= 4 is 0 Å². The maximum absolute atomic E-state index is 10.0. The van der Waals surface area contributed by atoms with Crippen LogP contribution in [0.1, 0.15) is 16.7 Å². The first-order chi connectivity index (χ1) is 10.1. The van der Waals surface area contributed by atoms with Crippen LogP contribution in [0, 0.1) is 6.92 Å². The lowest BCUT2D eigenvalue weighted by molar-refractivity contribution is 0.195. The maximum atomic E-state index is 10.0. The zero-order chi connectivity index (χ0) is 15.3. The van der Waals surface area contributed by atoms with E-state index >= 15 is 0 Å². The number of ether oxygens (including phenoxy) is 1. The number of aliphatic hydroxyl groups excluding tert-OH is 1. The van der Waals surface area contributed by atoms with E-state index in [4.69, 9.17) is 10.5 Å². The van der Waals surface area contributed by atoms with Crippen molar-refractivity contribution in [2.24, 2.45) is 5.73 Å². The number of aryl methyl sites for hydroxylation is 1. The third kappa shape index (κ3) is 3.26. The Labute approximate surface area is 126 Å². The SMILES string of the molecule is COc1cccc(CC(CN)(CO)c2ccccc2C)c1. The van der Waals surface area contributed by atoms with Gasteiger partial charge in [0.25, 0.3) is 0 Å². The molecule has 3 N–H and O–H groups in total. The molecule has 1 unspecified atom stereocenters. The van der Waals surface area contributed by atoms with Gasteiger partial charge in [0.05, 0.1) is 13.7 Å². The highest BCUT2D eigenvalue weighted by Crippen LogP contribution is 2.30. The van der Waals surface area contributed by atoms with Gasteiger partial charge in [0.1, 0.15) is 5.75 Å². The summed E-state index contributed by atoms with van der Waals surface area (Å²) in [6.45, 7) is 2.47. The van der Waals surface area contributed by atoms with E-state index in [1.165, 1.54) is 0 Å². The Morgan fingerprint density at radius 2 is 1.90 bits per heavy atom. The summed E-state index contributed by atoms with van der Waals surface area (Å²) in [5.41, 5.74) is 8.96. The van der Waals surface area contributed by atoms with E-state index in [1.54, 1.807) is 7.11 Å². The molecular weight excluding hydrogens is 262 g/mol. The van der Waals surface area contributed by atoms with Crippen LogP contribution in [0.2, 0.25) is 0 Å². The van der Waals surface area contributed by atoms with Crippen LogP contribution in [0.5, 0.6) is 5.75 Å². The second-order valence-electron chi connectivity index (χ2n) is 5.49. The second-order valence-corrected chi connectivity index (χ2v) is 5.49. The van der Waals surface area contributed by atoms with Gasteiger partial charge in [-0.2, -0.15) is 0 Å². The Balaban J connectivity index is 2.40. The molecule has 2 aromatic carbocycles. The fourth-order valence-corrected chi connectivity index (χ4v) is 2.82. The Hall–Kier alpha value is -1.84. The van der Waals surface area contributed by atoms with Crippen LogP contribution in [-0.4, -0.2) is 25.4 Å². The van der Waals surface area contributed by atoms with Crippen molar-refractivity contribution in [3.05, 3.63) is 65.2 Å². The lowest BCUT2D eigenvalue weighted by atomic mass is 9.74. The first-order valence-corrected chi connectivity index (χ1v) is 7.15. The summed E-state index contributed by atoms with van der Waals surface area (Å²) in [5, 5.41) is 10.0. The largest absolute Gasteiger partial charge is 0.497 e. The molecular formula is C18H23NO2. The van der Waals surface area contributed by atoms with Crippen molar-refractivity contribution in [1.29, 1.82) is 0 Å². The summed E-state index contributed by atoms with van der Waals surface area (Å²) in [4.78, 5) is 0. The van der Waals surface area contributed by atoms with Crippen molar-refractivity contribution in [1.82, 2.24) is 0 Å². The van der Waals surface area contributed by atoms with Gasteiger partial charge in [0.15, 0.2) is 0 Å². The lowest BCUT2D eigenvalue weighted by Gasteiger charge is -2.33. The Morgan fingerprint density at radius 1 is 1.14 bits per heavy atom. The summed E-state index contributed by atoms with van der Waals surface area (Å²) in [6.07, 6.45) is 0.683. The second kappa shape index (κ2) is 6.74. The number of aliphatic hydroxyl groups is 1. The summed E-state index contributed by atoms with van der Waals surface area (Å²) in [7, 11) is 1.66. The van der Waals surface area contributed by atoms with E-state index in [1.807, 2.05) is 36.4 Å². The number of nitrogens with two attached hydrogens (primary N) is 1. The zero-order valence-electron chi connectivity index (χ0n) is 12.7. The molecule has 0 bridgehead atoms. The van der Waals surface area contributed by atoms with Crippen LogP contribution in [0.25, 0.3) is 0 Å². The normalized spacial score (nSPS) is 13.7. The predicted octanol–water partition coefficient (Wildman–Crippen LogP) is 2.44. The number of benzene rings is 2. The summed E-state index contributed by atoms with van der Waals surface area (Å²) < 4.78 is 5.27. The van der Waals surface area contributed by atoms with Crippen LogP contribution in [0.4, 0.5) is 0 Å². The van der Waals surface area contributed by atoms with E-state index in [9.17, 15) is 5.11 Å². The molecule has 0 spiro atoms. The van der Waals surface area contributed by atoms with Crippen molar-refractivity contribution in [2.45, 2.75) is 18.8 Å². The Kier molecular flexibility index (Phi) is 4.99. The third-order valence-corrected chi connectivity index (χ3v) is 4.09. The average Bonchev–Trinajstić information content (AvgIpc) is 2.53. The summed E-state index contributed by atoms with van der Waals surface area (Å²) in [6, 6.07) is 16.0. The standard InChI is InChI=1S/C18H23NO2/c1-14-6-3-4-9-17(14)18(12-19,13-20)11-15-7-5-8-16(10-15)21-2/h3-10,20H,11-13,19H2,1-2H3. The molecule has 21 heavy (non-hydrogen) atoms. The number of rotatable bonds is 6. The third-order valence-electron chi connectivity index (χ3n) is 4.09. The minimum absolute atomic E-state index is 0.0194. The molecule has 0 radical (unpaired) electrons. The molecule has 0 saturated carbocycles. The van der Waals surface area contributed by atoms with Gasteiger partial charge in [0, 0.05) is 12.0 Å². The molecule has 0 saturated heterocycles. The first kappa shape index (κ1) is 15.5. The molecule has 0 aliphatic heterocycles. The van der Waals surface area contributed by atoms with Crippen LogP contribution in [0.15, 0.2) is 48.5 Å². The highest BCUT2D eigenvalue weighted by Gasteiger charge is 2.31. The quantitative estimate of drug-likeness (QED) is 0.857. The minimum atomic E-state index is -0.461. The lowest BCUT2D eigenvalue weighted by Crippen LogP contribution is -2.41.